The standard InChI is InChI=1S/C58H93N3O12/c1-31(37-12-14-39-52-41(29-46(66)57(37,39)5)55(3)22-20-35(62)25-33(55)27-44(52)64)10-16-48(68)59-24-8-7-9-43(54(72)73-61-50(70)18-19-51(61)71)60-49(69)17-11-32(2)38-13-15-40-53-42(30-47(67)58(38,40)6)56(4)23-21-36(63)26-34(56)28-45(53)65/h31-47,52-53,62-67H,7-30H2,1-6H3,(H,59,68)(H,60,69)/t31?,32?,33-,34-,35+,36+,37?,38?,39+,40+,41-,42-,43?,44?,45?,46?,47?,52?,53?,55?,56?,57?,58?/m1/s1. The van der Waals surface area contributed by atoms with Gasteiger partial charge in [0.25, 0.3) is 11.8 Å². The summed E-state index contributed by atoms with van der Waals surface area (Å²) in [7, 11) is 0. The van der Waals surface area contributed by atoms with E-state index in [1.54, 1.807) is 0 Å². The number of rotatable bonds is 16. The van der Waals surface area contributed by atoms with Gasteiger partial charge in [0, 0.05) is 32.2 Å². The first kappa shape index (κ1) is 55.1. The number of aliphatic hydroxyl groups is 6. The van der Waals surface area contributed by atoms with E-state index in [1.165, 1.54) is 0 Å². The number of imide groups is 1. The second kappa shape index (κ2) is 21.3. The molecule has 8 aliphatic carbocycles. The van der Waals surface area contributed by atoms with E-state index >= 15 is 0 Å². The Labute approximate surface area is 434 Å². The first-order valence-electron chi connectivity index (χ1n) is 29.2. The minimum atomic E-state index is -1.12. The Morgan fingerprint density at radius 2 is 1.07 bits per heavy atom. The summed E-state index contributed by atoms with van der Waals surface area (Å²) in [5, 5.41) is 74.8. The molecule has 15 unspecified atom stereocenters. The van der Waals surface area contributed by atoms with Crippen LogP contribution in [0.15, 0.2) is 0 Å². The Balaban J connectivity index is 0.747. The molecule has 15 nitrogen and oxygen atoms in total. The lowest BCUT2D eigenvalue weighted by molar-refractivity contribution is -0.207. The predicted octanol–water partition coefficient (Wildman–Crippen LogP) is 6.12. The third kappa shape index (κ3) is 9.88. The summed E-state index contributed by atoms with van der Waals surface area (Å²) in [6, 6.07) is -1.12. The Morgan fingerprint density at radius 3 is 1.55 bits per heavy atom. The van der Waals surface area contributed by atoms with Crippen molar-refractivity contribution in [3.05, 3.63) is 0 Å². The Hall–Kier alpha value is -2.69. The Bertz CT molecular complexity index is 2040. The van der Waals surface area contributed by atoms with Crippen LogP contribution < -0.4 is 10.6 Å². The molecule has 8 saturated carbocycles. The van der Waals surface area contributed by atoms with Gasteiger partial charge in [-0.1, -0.05) is 41.5 Å². The van der Waals surface area contributed by atoms with Crippen molar-refractivity contribution in [2.75, 3.05) is 6.54 Å². The highest BCUT2D eigenvalue weighted by atomic mass is 16.7. The average Bonchev–Trinajstić information content (AvgIpc) is 4.00. The van der Waals surface area contributed by atoms with Crippen molar-refractivity contribution in [2.24, 2.45) is 92.7 Å². The maximum atomic E-state index is 13.7. The van der Waals surface area contributed by atoms with Gasteiger partial charge in [0.15, 0.2) is 0 Å². The fourth-order valence-corrected chi connectivity index (χ4v) is 19.5. The maximum absolute atomic E-state index is 13.7. The van der Waals surface area contributed by atoms with Crippen molar-refractivity contribution in [1.29, 1.82) is 0 Å². The summed E-state index contributed by atoms with van der Waals surface area (Å²) in [5.74, 6) is -0.416. The number of nitrogens with zero attached hydrogens (tertiary/aromatic N) is 1. The molecule has 9 fully saturated rings. The van der Waals surface area contributed by atoms with Crippen molar-refractivity contribution in [3.8, 4) is 0 Å². The van der Waals surface area contributed by atoms with E-state index < -0.39 is 53.7 Å². The van der Waals surface area contributed by atoms with Crippen LogP contribution in [0.2, 0.25) is 0 Å². The monoisotopic (exact) mass is 1020 g/mol. The van der Waals surface area contributed by atoms with Crippen LogP contribution in [-0.2, 0) is 28.8 Å². The molecule has 0 aromatic heterocycles. The van der Waals surface area contributed by atoms with Crippen LogP contribution in [0.25, 0.3) is 0 Å². The molecular formula is C58H93N3O12. The van der Waals surface area contributed by atoms with E-state index in [9.17, 15) is 54.6 Å². The van der Waals surface area contributed by atoms with Crippen molar-refractivity contribution in [2.45, 2.75) is 232 Å². The first-order valence-corrected chi connectivity index (χ1v) is 29.2. The van der Waals surface area contributed by atoms with E-state index in [0.717, 1.165) is 57.8 Å². The van der Waals surface area contributed by atoms with Gasteiger partial charge in [-0.15, -0.1) is 5.06 Å². The molecule has 23 atom stereocenters. The zero-order valence-corrected chi connectivity index (χ0v) is 45.0. The minimum absolute atomic E-state index is 0.0117. The van der Waals surface area contributed by atoms with E-state index in [4.69, 9.17) is 4.84 Å². The molecule has 0 spiro atoms. The van der Waals surface area contributed by atoms with Crippen LogP contribution in [-0.4, -0.2) is 115 Å². The molecule has 0 aromatic rings. The molecule has 9 aliphatic rings. The third-order valence-corrected chi connectivity index (χ3v) is 23.7. The molecule has 15 heteroatoms. The zero-order valence-electron chi connectivity index (χ0n) is 45.0. The number of nitrogens with one attached hydrogen (secondary N) is 2. The second-order valence-corrected chi connectivity index (χ2v) is 27.0. The van der Waals surface area contributed by atoms with Crippen molar-refractivity contribution >= 4 is 29.6 Å². The number of hydrogen-bond donors (Lipinski definition) is 8. The van der Waals surface area contributed by atoms with Gasteiger partial charge in [-0.05, 0) is 215 Å². The number of unbranched alkanes of at least 4 members (excludes halogenated alkanes) is 1. The number of carbonyl (C=O) groups is 5. The van der Waals surface area contributed by atoms with Gasteiger partial charge in [-0.3, -0.25) is 19.2 Å². The normalized spacial score (nSPS) is 46.2. The lowest BCUT2D eigenvalue weighted by Crippen LogP contribution is -2.62. The van der Waals surface area contributed by atoms with Crippen LogP contribution in [0.4, 0.5) is 0 Å². The SMILES string of the molecule is CC(CCC(=O)NCCCCC(NC(=O)CCC(C)C1CC[C@H]2C3C(O)C[C@H]4C[C@@H](O)CCC4(C)[C@@H]3CC(O)C12C)C(=O)ON1C(=O)CCC1=O)C1CC[C@H]2C3C(O)C[C@H]4C[C@@H](O)CCC4(C)[C@@H]3CC(O)C12C. The third-order valence-electron chi connectivity index (χ3n) is 23.7. The number of aliphatic hydroxyl groups excluding tert-OH is 6. The molecule has 0 aromatic carbocycles. The zero-order chi connectivity index (χ0) is 52.5. The molecule has 1 heterocycles. The summed E-state index contributed by atoms with van der Waals surface area (Å²) >= 11 is 0. The molecule has 73 heavy (non-hydrogen) atoms. The fourth-order valence-electron chi connectivity index (χ4n) is 19.5. The molecule has 4 amide bonds. The molecule has 1 saturated heterocycles. The molecule has 8 N–H and O–H groups in total. The second-order valence-electron chi connectivity index (χ2n) is 27.0. The minimum Gasteiger partial charge on any atom is -0.393 e. The topological polar surface area (TPSA) is 243 Å². The summed E-state index contributed by atoms with van der Waals surface area (Å²) in [6.45, 7) is 13.8. The van der Waals surface area contributed by atoms with E-state index in [-0.39, 0.29) is 137 Å². The van der Waals surface area contributed by atoms with E-state index in [1.807, 2.05) is 0 Å². The van der Waals surface area contributed by atoms with Gasteiger partial charge in [-0.2, -0.15) is 0 Å². The quantitative estimate of drug-likeness (QED) is 0.0645. The van der Waals surface area contributed by atoms with Crippen LogP contribution in [0, 0.1) is 92.7 Å². The summed E-state index contributed by atoms with van der Waals surface area (Å²) in [6.07, 6.45) is 11.3. The van der Waals surface area contributed by atoms with Gasteiger partial charge in [0.1, 0.15) is 6.04 Å². The molecule has 0 radical (unpaired) electrons. The molecule has 412 valence electrons. The number of hydroxylamine groups is 2. The van der Waals surface area contributed by atoms with Gasteiger partial charge in [0.2, 0.25) is 11.8 Å². The Morgan fingerprint density at radius 1 is 0.603 bits per heavy atom. The smallest absolute Gasteiger partial charge is 0.355 e. The van der Waals surface area contributed by atoms with Gasteiger partial charge in [0.05, 0.1) is 36.6 Å². The first-order chi connectivity index (χ1) is 34.5. The largest absolute Gasteiger partial charge is 0.393 e. The lowest BCUT2D eigenvalue weighted by Gasteiger charge is -2.63. The van der Waals surface area contributed by atoms with Crippen molar-refractivity contribution < 1.29 is 59.4 Å². The van der Waals surface area contributed by atoms with Gasteiger partial charge < -0.3 is 46.1 Å². The molecule has 0 bridgehead atoms. The summed E-state index contributed by atoms with van der Waals surface area (Å²) < 4.78 is 0. The van der Waals surface area contributed by atoms with Crippen LogP contribution in [0.1, 0.15) is 189 Å². The van der Waals surface area contributed by atoms with E-state index in [0.29, 0.717) is 75.8 Å². The lowest BCUT2D eigenvalue weighted by atomic mass is 9.43. The van der Waals surface area contributed by atoms with Crippen LogP contribution >= 0.6 is 0 Å². The van der Waals surface area contributed by atoms with Gasteiger partial charge in [-0.25, -0.2) is 4.79 Å². The molecular weight excluding hydrogens is 931 g/mol. The number of carbonyl (C=O) groups excluding carboxylic acids is 5. The highest BCUT2D eigenvalue weighted by Gasteiger charge is 2.67. The fraction of sp³-hybridized carbons (Fsp3) is 0.914. The molecule has 9 rings (SSSR count). The van der Waals surface area contributed by atoms with Crippen LogP contribution in [0.3, 0.4) is 0 Å². The number of amides is 4. The van der Waals surface area contributed by atoms with E-state index in [2.05, 4.69) is 52.2 Å². The maximum Gasteiger partial charge on any atom is 0.355 e. The predicted molar refractivity (Wildman–Crippen MR) is 271 cm³/mol. The highest BCUT2D eigenvalue weighted by molar-refractivity contribution is 6.02. The average molecular weight is 1020 g/mol. The number of fused-ring (bicyclic) bond motifs is 10. The highest BCUT2D eigenvalue weighted by Crippen LogP contribution is 2.70. The van der Waals surface area contributed by atoms with Gasteiger partial charge >= 0.3 is 5.97 Å². The van der Waals surface area contributed by atoms with Crippen LogP contribution in [0.5, 0.6) is 0 Å². The Kier molecular flexibility index (Phi) is 16.0. The summed E-state index contributed by atoms with van der Waals surface area (Å²) in [4.78, 5) is 70.6. The summed E-state index contributed by atoms with van der Waals surface area (Å²) in [5.41, 5.74) is -0.775. The van der Waals surface area contributed by atoms with Crippen molar-refractivity contribution in [3.63, 3.8) is 0 Å². The van der Waals surface area contributed by atoms with Crippen molar-refractivity contribution in [1.82, 2.24) is 15.7 Å². The molecule has 1 aliphatic heterocycles. The number of hydrogen-bond acceptors (Lipinski definition) is 12.